The van der Waals surface area contributed by atoms with Crippen LogP contribution in [0.25, 0.3) is 5.69 Å². The van der Waals surface area contributed by atoms with Crippen LogP contribution in [0.15, 0.2) is 59.9 Å². The van der Waals surface area contributed by atoms with Gasteiger partial charge in [-0.3, -0.25) is 4.99 Å². The van der Waals surface area contributed by atoms with Gasteiger partial charge in [-0.1, -0.05) is 0 Å². The van der Waals surface area contributed by atoms with Crippen LogP contribution in [0.5, 0.6) is 0 Å². The summed E-state index contributed by atoms with van der Waals surface area (Å²) in [5.74, 6) is 0.567. The lowest BCUT2D eigenvalue weighted by atomic mass is 10.3. The third-order valence-corrected chi connectivity index (χ3v) is 5.29. The fourth-order valence-corrected chi connectivity index (χ4v) is 3.71. The number of halogens is 3. The molecule has 1 aliphatic rings. The molecule has 0 amide bonds. The maximum absolute atomic E-state index is 14.0. The van der Waals surface area contributed by atoms with E-state index >= 15 is 0 Å². The molecular weight excluding hydrogens is 539 g/mol. The molecule has 3 heterocycles. The zero-order chi connectivity index (χ0) is 22.3. The number of rotatable bonds is 7. The first kappa shape index (κ1) is 24.9. The van der Waals surface area contributed by atoms with Crippen LogP contribution in [0.2, 0.25) is 0 Å². The zero-order valence-corrected chi connectivity index (χ0v) is 20.7. The highest BCUT2D eigenvalue weighted by atomic mass is 127. The molecule has 0 aliphatic carbocycles. The summed E-state index contributed by atoms with van der Waals surface area (Å²) in [6.45, 7) is 4.75. The van der Waals surface area contributed by atoms with E-state index in [2.05, 4.69) is 25.7 Å². The van der Waals surface area contributed by atoms with E-state index in [0.29, 0.717) is 25.3 Å². The van der Waals surface area contributed by atoms with E-state index in [1.165, 1.54) is 18.2 Å². The molecule has 2 N–H and O–H groups in total. The number of guanidine groups is 1. The van der Waals surface area contributed by atoms with Gasteiger partial charge in [-0.15, -0.1) is 24.0 Å². The fraction of sp³-hybridized carbons (Fsp3) is 0.348. The lowest BCUT2D eigenvalue weighted by Crippen LogP contribution is -2.44. The summed E-state index contributed by atoms with van der Waals surface area (Å²) in [5, 5.41) is 11.3. The molecule has 1 aliphatic heterocycles. The van der Waals surface area contributed by atoms with Crippen LogP contribution >= 0.6 is 24.0 Å². The molecule has 33 heavy (non-hydrogen) atoms. The van der Waals surface area contributed by atoms with Crippen molar-refractivity contribution in [1.29, 1.82) is 0 Å². The Morgan fingerprint density at radius 2 is 2.00 bits per heavy atom. The second kappa shape index (κ2) is 11.9. The summed E-state index contributed by atoms with van der Waals surface area (Å²) >= 11 is 0. The van der Waals surface area contributed by atoms with Crippen LogP contribution in [-0.2, 0) is 6.42 Å². The normalized spacial score (nSPS) is 15.9. The lowest BCUT2D eigenvalue weighted by Gasteiger charge is -2.19. The van der Waals surface area contributed by atoms with Crippen LogP contribution in [-0.4, -0.2) is 52.9 Å². The van der Waals surface area contributed by atoms with Crippen molar-refractivity contribution in [2.75, 3.05) is 31.1 Å². The van der Waals surface area contributed by atoms with Crippen LogP contribution in [0, 0.1) is 11.6 Å². The van der Waals surface area contributed by atoms with E-state index in [1.807, 2.05) is 24.1 Å². The van der Waals surface area contributed by atoms with Crippen LogP contribution in [0.4, 0.5) is 14.6 Å². The maximum Gasteiger partial charge on any atom is 0.191 e. The van der Waals surface area contributed by atoms with Gasteiger partial charge >= 0.3 is 0 Å². The van der Waals surface area contributed by atoms with Gasteiger partial charge in [-0.2, -0.15) is 5.10 Å². The van der Waals surface area contributed by atoms with Crippen molar-refractivity contribution in [3.63, 3.8) is 0 Å². The minimum Gasteiger partial charge on any atom is -0.357 e. The van der Waals surface area contributed by atoms with Crippen molar-refractivity contribution in [2.45, 2.75) is 25.8 Å². The minimum absolute atomic E-state index is 0. The molecule has 1 saturated heterocycles. The van der Waals surface area contributed by atoms with Gasteiger partial charge in [-0.05, 0) is 55.8 Å². The van der Waals surface area contributed by atoms with Crippen molar-refractivity contribution in [3.05, 3.63) is 72.2 Å². The Morgan fingerprint density at radius 1 is 1.18 bits per heavy atom. The average Bonchev–Trinajstić information content (AvgIpc) is 3.45. The summed E-state index contributed by atoms with van der Waals surface area (Å²) in [5.41, 5.74) is 1.72. The molecular formula is C23H28F2IN7. The summed E-state index contributed by atoms with van der Waals surface area (Å²) in [6.07, 6.45) is 5.03. The Kier molecular flexibility index (Phi) is 8.98. The van der Waals surface area contributed by atoms with Crippen molar-refractivity contribution in [1.82, 2.24) is 25.4 Å². The summed E-state index contributed by atoms with van der Waals surface area (Å²) < 4.78 is 28.9. The predicted octanol–water partition coefficient (Wildman–Crippen LogP) is 3.54. The molecule has 7 nitrogen and oxygen atoms in total. The van der Waals surface area contributed by atoms with E-state index in [1.54, 1.807) is 29.1 Å². The first-order valence-electron chi connectivity index (χ1n) is 10.8. The van der Waals surface area contributed by atoms with Gasteiger partial charge < -0.3 is 15.5 Å². The summed E-state index contributed by atoms with van der Waals surface area (Å²) in [6, 6.07) is 11.4. The Hall–Kier alpha value is -2.76. The third-order valence-electron chi connectivity index (χ3n) is 5.29. The van der Waals surface area contributed by atoms with Crippen molar-refractivity contribution >= 4 is 35.8 Å². The Balaban J connectivity index is 0.00000306. The van der Waals surface area contributed by atoms with Gasteiger partial charge in [0, 0.05) is 51.0 Å². The molecule has 176 valence electrons. The number of aliphatic imine (C=N–C) groups is 1. The molecule has 0 radical (unpaired) electrons. The molecule has 4 rings (SSSR count). The average molecular weight is 567 g/mol. The fourth-order valence-electron chi connectivity index (χ4n) is 3.71. The summed E-state index contributed by atoms with van der Waals surface area (Å²) in [7, 11) is 0. The number of pyridine rings is 1. The van der Waals surface area contributed by atoms with Gasteiger partial charge in [0.15, 0.2) is 17.6 Å². The Labute approximate surface area is 209 Å². The van der Waals surface area contributed by atoms with Crippen molar-refractivity contribution in [3.8, 4) is 5.69 Å². The second-order valence-electron chi connectivity index (χ2n) is 7.62. The van der Waals surface area contributed by atoms with Crippen LogP contribution in [0.3, 0.4) is 0 Å². The number of benzene rings is 1. The van der Waals surface area contributed by atoms with Crippen LogP contribution < -0.4 is 15.5 Å². The maximum atomic E-state index is 14.0. The number of nitrogens with zero attached hydrogens (tertiary/aromatic N) is 5. The van der Waals surface area contributed by atoms with E-state index in [4.69, 9.17) is 0 Å². The summed E-state index contributed by atoms with van der Waals surface area (Å²) in [4.78, 5) is 10.8. The highest BCUT2D eigenvalue weighted by molar-refractivity contribution is 14.0. The van der Waals surface area contributed by atoms with Crippen LogP contribution in [0.1, 0.15) is 19.0 Å². The molecule has 2 aromatic heterocycles. The number of aromatic nitrogens is 3. The number of hydrogen-bond donors (Lipinski definition) is 2. The second-order valence-corrected chi connectivity index (χ2v) is 7.62. The first-order chi connectivity index (χ1) is 15.6. The molecule has 0 spiro atoms. The molecule has 1 aromatic carbocycles. The monoisotopic (exact) mass is 567 g/mol. The smallest absolute Gasteiger partial charge is 0.191 e. The quantitative estimate of drug-likeness (QED) is 0.260. The number of anilines is 1. The molecule has 1 atom stereocenters. The van der Waals surface area contributed by atoms with E-state index < -0.39 is 0 Å². The van der Waals surface area contributed by atoms with Gasteiger partial charge in [0.2, 0.25) is 0 Å². The lowest BCUT2D eigenvalue weighted by molar-refractivity contribution is 0.612. The highest BCUT2D eigenvalue weighted by Gasteiger charge is 2.25. The van der Waals surface area contributed by atoms with Crippen molar-refractivity contribution in [2.24, 2.45) is 4.99 Å². The Morgan fingerprint density at radius 3 is 2.76 bits per heavy atom. The topological polar surface area (TPSA) is 70.4 Å². The highest BCUT2D eigenvalue weighted by Crippen LogP contribution is 2.20. The van der Waals surface area contributed by atoms with Gasteiger partial charge in [0.1, 0.15) is 5.82 Å². The van der Waals surface area contributed by atoms with E-state index in [0.717, 1.165) is 36.9 Å². The SMILES string of the molecule is CCNC(=NCCc1ccn(-c2ccc(F)cc2)n1)NC1CCN(c2ncccc2F)C1.I. The molecule has 0 saturated carbocycles. The predicted molar refractivity (Wildman–Crippen MR) is 137 cm³/mol. The standard InChI is InChI=1S/C23H27F2N7.HI/c1-2-26-23(29-19-10-14-31(16-19)22-21(25)4-3-12-27-22)28-13-9-18-11-15-32(30-18)20-7-5-17(24)6-8-20;/h3-8,11-12,15,19H,2,9-10,13-14,16H2,1H3,(H2,26,28,29);1H. The third kappa shape index (κ3) is 6.62. The van der Waals surface area contributed by atoms with E-state index in [-0.39, 0.29) is 41.7 Å². The molecule has 0 bridgehead atoms. The molecule has 3 aromatic rings. The molecule has 1 unspecified atom stereocenters. The number of hydrogen-bond acceptors (Lipinski definition) is 4. The molecule has 1 fully saturated rings. The first-order valence-corrected chi connectivity index (χ1v) is 10.8. The molecule has 10 heteroatoms. The number of nitrogens with one attached hydrogen (secondary N) is 2. The van der Waals surface area contributed by atoms with Gasteiger partial charge in [-0.25, -0.2) is 18.4 Å². The minimum atomic E-state index is -0.297. The Bertz CT molecular complexity index is 1050. The van der Waals surface area contributed by atoms with Gasteiger partial charge in [0.05, 0.1) is 11.4 Å². The van der Waals surface area contributed by atoms with E-state index in [9.17, 15) is 8.78 Å². The van der Waals surface area contributed by atoms with Gasteiger partial charge in [0.25, 0.3) is 0 Å². The van der Waals surface area contributed by atoms with Crippen molar-refractivity contribution < 1.29 is 8.78 Å². The largest absolute Gasteiger partial charge is 0.357 e. The zero-order valence-electron chi connectivity index (χ0n) is 18.4.